The molecule has 5 heterocycles. The summed E-state index contributed by atoms with van der Waals surface area (Å²) in [6.45, 7) is 2.59. The van der Waals surface area contributed by atoms with Crippen molar-refractivity contribution in [3.63, 3.8) is 0 Å². The third kappa shape index (κ3) is 4.00. The molecule has 36 heavy (non-hydrogen) atoms. The van der Waals surface area contributed by atoms with Crippen LogP contribution in [0.4, 0.5) is 22.0 Å². The highest BCUT2D eigenvalue weighted by Gasteiger charge is 2.41. The Morgan fingerprint density at radius 1 is 1.28 bits per heavy atom. The van der Waals surface area contributed by atoms with E-state index in [2.05, 4.69) is 20.1 Å². The summed E-state index contributed by atoms with van der Waals surface area (Å²) in [5.74, 6) is -2.14. The van der Waals surface area contributed by atoms with Crippen molar-refractivity contribution in [2.45, 2.75) is 44.5 Å². The number of pyridine rings is 1. The summed E-state index contributed by atoms with van der Waals surface area (Å²) >= 11 is 0. The first-order valence-electron chi connectivity index (χ1n) is 10.8. The molecule has 0 spiro atoms. The smallest absolute Gasteiger partial charge is 0.417 e. The molecule has 1 atom stereocenters. The Kier molecular flexibility index (Phi) is 5.39. The third-order valence-electron chi connectivity index (χ3n) is 5.85. The summed E-state index contributed by atoms with van der Waals surface area (Å²) in [5.41, 5.74) is -2.02. The number of H-pyrrole nitrogens is 1. The number of aromatic amines is 1. The number of halogens is 5. The molecular weight excluding hydrogens is 491 g/mol. The number of rotatable bonds is 4. The highest BCUT2D eigenvalue weighted by atomic mass is 19.4. The number of amides is 1. The van der Waals surface area contributed by atoms with Crippen molar-refractivity contribution >= 4 is 11.4 Å². The summed E-state index contributed by atoms with van der Waals surface area (Å²) < 4.78 is 73.3. The van der Waals surface area contributed by atoms with Crippen LogP contribution in [0.25, 0.3) is 5.52 Å². The van der Waals surface area contributed by atoms with Gasteiger partial charge in [0, 0.05) is 24.9 Å². The number of fused-ring (bicyclic) bond motifs is 2. The second-order valence-corrected chi connectivity index (χ2v) is 8.86. The number of alkyl halides is 5. The molecule has 9 nitrogen and oxygen atoms in total. The summed E-state index contributed by atoms with van der Waals surface area (Å²) in [4.78, 5) is 25.6. The molecule has 1 amide bonds. The molecular formula is C22H19F5N6O3. The average molecular weight is 510 g/mol. The van der Waals surface area contributed by atoms with Crippen LogP contribution in [0.1, 0.15) is 71.1 Å². The van der Waals surface area contributed by atoms with E-state index in [9.17, 15) is 31.9 Å². The van der Waals surface area contributed by atoms with Crippen LogP contribution in [0.15, 0.2) is 35.1 Å². The second kappa shape index (κ2) is 8.11. The zero-order chi connectivity index (χ0) is 26.0. The highest BCUT2D eigenvalue weighted by molar-refractivity contribution is 5.93. The largest absolute Gasteiger partial charge is 0.432 e. The molecule has 0 aliphatic carbocycles. The predicted molar refractivity (Wildman–Crippen MR) is 112 cm³/mol. The van der Waals surface area contributed by atoms with Gasteiger partial charge < -0.3 is 19.4 Å². The summed E-state index contributed by atoms with van der Waals surface area (Å²) in [7, 11) is 0. The topological polar surface area (TPSA) is 113 Å². The average Bonchev–Trinajstić information content (AvgIpc) is 3.53. The molecule has 2 N–H and O–H groups in total. The minimum absolute atomic E-state index is 0.0432. The van der Waals surface area contributed by atoms with Crippen LogP contribution >= 0.6 is 0 Å². The van der Waals surface area contributed by atoms with Crippen molar-refractivity contribution in [1.29, 1.82) is 0 Å². The molecule has 0 aromatic carbocycles. The SMILES string of the molecule is CC(C)(O)c1nc(C(F)F)c(C(=O)N2CCc3[nH]cnc3[C@@H]2c2cc3ccc(C(F)(F)F)cn3n2)o1. The zero-order valence-electron chi connectivity index (χ0n) is 18.8. The molecule has 0 unspecified atom stereocenters. The Bertz CT molecular complexity index is 1450. The molecule has 14 heteroatoms. The number of nitrogens with zero attached hydrogens (tertiary/aromatic N) is 5. The second-order valence-electron chi connectivity index (χ2n) is 8.86. The van der Waals surface area contributed by atoms with Gasteiger partial charge in [-0.3, -0.25) is 4.79 Å². The van der Waals surface area contributed by atoms with Crippen LogP contribution < -0.4 is 0 Å². The van der Waals surface area contributed by atoms with E-state index in [1.165, 1.54) is 37.2 Å². The Hall–Kier alpha value is -3.81. The number of carbonyl (C=O) groups excluding carboxylic acids is 1. The van der Waals surface area contributed by atoms with Crippen LogP contribution in [0, 0.1) is 0 Å². The van der Waals surface area contributed by atoms with Crippen LogP contribution in [0.5, 0.6) is 0 Å². The van der Waals surface area contributed by atoms with Gasteiger partial charge in [-0.05, 0) is 32.0 Å². The van der Waals surface area contributed by atoms with E-state index in [0.717, 1.165) is 16.8 Å². The lowest BCUT2D eigenvalue weighted by Gasteiger charge is -2.33. The highest BCUT2D eigenvalue weighted by Crippen LogP contribution is 2.37. The van der Waals surface area contributed by atoms with Crippen molar-refractivity contribution < 1.29 is 36.3 Å². The van der Waals surface area contributed by atoms with Gasteiger partial charge in [0.25, 0.3) is 12.3 Å². The van der Waals surface area contributed by atoms with E-state index in [4.69, 9.17) is 4.42 Å². The fourth-order valence-electron chi connectivity index (χ4n) is 4.13. The van der Waals surface area contributed by atoms with Crippen LogP contribution in [-0.4, -0.2) is 47.0 Å². The first kappa shape index (κ1) is 23.9. The minimum Gasteiger partial charge on any atom is -0.432 e. The molecule has 190 valence electrons. The van der Waals surface area contributed by atoms with Crippen LogP contribution in [-0.2, 0) is 18.2 Å². The Morgan fingerprint density at radius 2 is 2.03 bits per heavy atom. The number of carbonyl (C=O) groups is 1. The third-order valence-corrected chi connectivity index (χ3v) is 5.85. The number of hydrogen-bond donors (Lipinski definition) is 2. The molecule has 0 bridgehead atoms. The van der Waals surface area contributed by atoms with Crippen molar-refractivity contribution in [3.8, 4) is 0 Å². The van der Waals surface area contributed by atoms with Gasteiger partial charge in [0.05, 0.1) is 28.8 Å². The van der Waals surface area contributed by atoms with E-state index in [-0.39, 0.29) is 12.2 Å². The quantitative estimate of drug-likeness (QED) is 0.401. The molecule has 0 saturated carbocycles. The summed E-state index contributed by atoms with van der Waals surface area (Å²) in [6.07, 6.45) is -5.23. The van der Waals surface area contributed by atoms with Gasteiger partial charge in [-0.25, -0.2) is 23.3 Å². The number of aliphatic hydroxyl groups is 1. The maximum absolute atomic E-state index is 13.7. The predicted octanol–water partition coefficient (Wildman–Crippen LogP) is 4.02. The molecule has 1 aliphatic heterocycles. The van der Waals surface area contributed by atoms with Gasteiger partial charge >= 0.3 is 6.18 Å². The number of oxazole rings is 1. The fraction of sp³-hybridized carbons (Fsp3) is 0.364. The van der Waals surface area contributed by atoms with Gasteiger partial charge in [-0.2, -0.15) is 18.3 Å². The van der Waals surface area contributed by atoms with E-state index < -0.39 is 53.1 Å². The maximum atomic E-state index is 13.7. The zero-order valence-corrected chi connectivity index (χ0v) is 18.8. The van der Waals surface area contributed by atoms with E-state index in [1.807, 2.05) is 0 Å². The van der Waals surface area contributed by atoms with Crippen molar-refractivity contribution in [2.24, 2.45) is 0 Å². The van der Waals surface area contributed by atoms with Gasteiger partial charge in [0.2, 0.25) is 11.7 Å². The molecule has 0 radical (unpaired) electrons. The Labute approximate surface area is 199 Å². The van der Waals surface area contributed by atoms with Crippen molar-refractivity contribution in [2.75, 3.05) is 6.54 Å². The lowest BCUT2D eigenvalue weighted by Crippen LogP contribution is -2.41. The number of hydrogen-bond acceptors (Lipinski definition) is 6. The first-order valence-corrected chi connectivity index (χ1v) is 10.8. The standard InChI is InChI=1S/C22H19F5N6O3/c1-21(2,35)20-30-15(18(23)24)17(36-20)19(34)32-6-5-12-14(29-9-28-12)16(32)13-7-11-4-3-10(22(25,26)27)8-33(11)31-13/h3-4,7-9,16,18,35H,5-6H2,1-2H3,(H,28,29)/t16-/m0/s1. The summed E-state index contributed by atoms with van der Waals surface area (Å²) in [6, 6.07) is 2.63. The molecule has 1 aliphatic rings. The normalized spacial score (nSPS) is 16.7. The van der Waals surface area contributed by atoms with E-state index in [1.54, 1.807) is 0 Å². The molecule has 0 saturated heterocycles. The number of nitrogens with one attached hydrogen (secondary N) is 1. The monoisotopic (exact) mass is 510 g/mol. The van der Waals surface area contributed by atoms with Crippen LogP contribution in [0.3, 0.4) is 0 Å². The van der Waals surface area contributed by atoms with E-state index in [0.29, 0.717) is 23.3 Å². The maximum Gasteiger partial charge on any atom is 0.417 e. The Balaban J connectivity index is 1.61. The van der Waals surface area contributed by atoms with Gasteiger partial charge in [-0.15, -0.1) is 0 Å². The van der Waals surface area contributed by atoms with Gasteiger partial charge in [-0.1, -0.05) is 0 Å². The molecule has 4 aromatic rings. The minimum atomic E-state index is -4.58. The summed E-state index contributed by atoms with van der Waals surface area (Å²) in [5, 5.41) is 14.4. The van der Waals surface area contributed by atoms with Crippen LogP contribution in [0.2, 0.25) is 0 Å². The Morgan fingerprint density at radius 3 is 2.69 bits per heavy atom. The molecule has 5 rings (SSSR count). The molecule has 0 fully saturated rings. The fourth-order valence-corrected chi connectivity index (χ4v) is 4.13. The van der Waals surface area contributed by atoms with Crippen molar-refractivity contribution in [3.05, 3.63) is 70.7 Å². The lowest BCUT2D eigenvalue weighted by molar-refractivity contribution is -0.137. The van der Waals surface area contributed by atoms with E-state index >= 15 is 0 Å². The number of imidazole rings is 1. The number of aromatic nitrogens is 5. The lowest BCUT2D eigenvalue weighted by atomic mass is 9.99. The van der Waals surface area contributed by atoms with Gasteiger partial charge in [0.1, 0.15) is 11.6 Å². The first-order chi connectivity index (χ1) is 16.8. The van der Waals surface area contributed by atoms with Gasteiger partial charge in [0.15, 0.2) is 5.69 Å². The van der Waals surface area contributed by atoms with Crippen molar-refractivity contribution in [1.82, 2.24) is 29.5 Å². The molecule has 4 aromatic heterocycles.